The Bertz CT molecular complexity index is 1550. The molecule has 2 heterocycles. The summed E-state index contributed by atoms with van der Waals surface area (Å²) in [5.41, 5.74) is 2.56. The predicted octanol–water partition coefficient (Wildman–Crippen LogP) is 4.66. The Morgan fingerprint density at radius 1 is 1.00 bits per heavy atom. The van der Waals surface area contributed by atoms with Gasteiger partial charge in [-0.15, -0.1) is 0 Å². The van der Waals surface area contributed by atoms with Crippen LogP contribution >= 0.6 is 11.6 Å². The first-order valence-electron chi connectivity index (χ1n) is 13.6. The molecule has 3 aromatic carbocycles. The van der Waals surface area contributed by atoms with Crippen LogP contribution in [0.1, 0.15) is 39.1 Å². The minimum Gasteiger partial charge on any atom is -0.491 e. The van der Waals surface area contributed by atoms with E-state index in [1.807, 2.05) is 54.6 Å². The number of pyridine rings is 1. The summed E-state index contributed by atoms with van der Waals surface area (Å²) >= 11 is 6.19. The van der Waals surface area contributed by atoms with Crippen LogP contribution in [-0.4, -0.2) is 59.9 Å². The maximum absolute atomic E-state index is 13.6. The number of aromatic nitrogens is 1. The number of benzene rings is 3. The van der Waals surface area contributed by atoms with Gasteiger partial charge in [-0.1, -0.05) is 60.1 Å². The third kappa shape index (κ3) is 7.41. The molecule has 1 aliphatic rings. The third-order valence-electron chi connectivity index (χ3n) is 6.92. The number of hydrogen-bond donors (Lipinski definition) is 2. The van der Waals surface area contributed by atoms with Crippen molar-refractivity contribution in [2.45, 2.75) is 25.3 Å². The first-order chi connectivity index (χ1) is 20.0. The van der Waals surface area contributed by atoms with E-state index in [1.165, 1.54) is 4.90 Å². The van der Waals surface area contributed by atoms with Crippen LogP contribution in [0.15, 0.2) is 85.1 Å². The van der Waals surface area contributed by atoms with E-state index in [9.17, 15) is 14.4 Å². The molecular weight excluding hydrogens is 540 g/mol. The number of para-hydroxylation sites is 1. The van der Waals surface area contributed by atoms with E-state index < -0.39 is 6.04 Å². The van der Waals surface area contributed by atoms with Gasteiger partial charge in [-0.05, 0) is 55.2 Å². The van der Waals surface area contributed by atoms with Crippen molar-refractivity contribution >= 4 is 40.2 Å². The molecule has 0 radical (unpaired) electrons. The number of rotatable bonds is 3. The van der Waals surface area contributed by atoms with Crippen LogP contribution in [0.4, 0.5) is 0 Å². The smallest absolute Gasteiger partial charge is 0.255 e. The van der Waals surface area contributed by atoms with Gasteiger partial charge in [0, 0.05) is 29.7 Å². The summed E-state index contributed by atoms with van der Waals surface area (Å²) in [6.45, 7) is 0.741. The van der Waals surface area contributed by atoms with Crippen molar-refractivity contribution in [2.24, 2.45) is 0 Å². The number of ether oxygens (including phenoxy) is 1. The summed E-state index contributed by atoms with van der Waals surface area (Å²) in [5, 5.41) is 7.25. The van der Waals surface area contributed by atoms with E-state index in [0.29, 0.717) is 54.3 Å². The third-order valence-corrected chi connectivity index (χ3v) is 7.15. The number of carbonyl (C=O) groups is 3. The normalized spacial score (nSPS) is 16.9. The van der Waals surface area contributed by atoms with E-state index >= 15 is 0 Å². The summed E-state index contributed by atoms with van der Waals surface area (Å²) in [5.74, 6) is -0.479. The van der Waals surface area contributed by atoms with E-state index in [4.69, 9.17) is 16.3 Å². The molecule has 1 aromatic heterocycles. The van der Waals surface area contributed by atoms with Crippen LogP contribution in [0.3, 0.4) is 0 Å². The average Bonchev–Trinajstić information content (AvgIpc) is 2.99. The van der Waals surface area contributed by atoms with Gasteiger partial charge in [-0.2, -0.15) is 0 Å². The van der Waals surface area contributed by atoms with Crippen LogP contribution in [0.2, 0.25) is 5.02 Å². The van der Waals surface area contributed by atoms with Gasteiger partial charge in [0.1, 0.15) is 12.4 Å². The van der Waals surface area contributed by atoms with Crippen molar-refractivity contribution < 1.29 is 19.1 Å². The van der Waals surface area contributed by atoms with Crippen LogP contribution in [-0.2, 0) is 11.2 Å². The van der Waals surface area contributed by atoms with E-state index in [0.717, 1.165) is 16.5 Å². The second-order valence-electron chi connectivity index (χ2n) is 10.0. The number of halogens is 1. The summed E-state index contributed by atoms with van der Waals surface area (Å²) in [4.78, 5) is 45.9. The molecule has 4 aromatic rings. The second-order valence-corrected chi connectivity index (χ2v) is 10.4. The number of nitrogens with zero attached hydrogens (tertiary/aromatic N) is 2. The Kier molecular flexibility index (Phi) is 9.11. The lowest BCUT2D eigenvalue weighted by Crippen LogP contribution is -2.47. The molecule has 0 unspecified atom stereocenters. The maximum Gasteiger partial charge on any atom is 0.255 e. The van der Waals surface area contributed by atoms with Crippen LogP contribution in [0, 0.1) is 0 Å². The summed E-state index contributed by atoms with van der Waals surface area (Å²) in [6, 6.07) is 23.6. The molecule has 0 fully saturated rings. The van der Waals surface area contributed by atoms with Gasteiger partial charge in [0.15, 0.2) is 0 Å². The second kappa shape index (κ2) is 13.3. The summed E-state index contributed by atoms with van der Waals surface area (Å²) in [6.07, 6.45) is 3.25. The first kappa shape index (κ1) is 28.1. The number of nitrogens with one attached hydrogen (secondary N) is 2. The SMILES string of the molecule is O=C1CN(C(=O)c2cnc3ccccc3c2)CCCCNC(=O)c2cc(Cl)ccc2OC[C@@H](Cc2ccccc2)N1. The molecule has 3 amide bonds. The van der Waals surface area contributed by atoms with Crippen molar-refractivity contribution in [3.63, 3.8) is 0 Å². The average molecular weight is 571 g/mol. The van der Waals surface area contributed by atoms with Gasteiger partial charge in [0.05, 0.1) is 29.2 Å². The van der Waals surface area contributed by atoms with Gasteiger partial charge in [-0.3, -0.25) is 19.4 Å². The molecule has 0 saturated heterocycles. The molecule has 0 saturated carbocycles. The minimum absolute atomic E-state index is 0.116. The van der Waals surface area contributed by atoms with Crippen molar-refractivity contribution in [2.75, 3.05) is 26.2 Å². The Balaban J connectivity index is 1.39. The van der Waals surface area contributed by atoms with Gasteiger partial charge in [0.2, 0.25) is 5.91 Å². The zero-order valence-corrected chi connectivity index (χ0v) is 23.3. The molecule has 2 N–H and O–H groups in total. The molecule has 5 rings (SSSR count). The topological polar surface area (TPSA) is 101 Å². The molecule has 0 bridgehead atoms. The quantitative estimate of drug-likeness (QED) is 0.373. The minimum atomic E-state index is -0.416. The highest BCUT2D eigenvalue weighted by Gasteiger charge is 2.23. The zero-order chi connectivity index (χ0) is 28.6. The number of carbonyl (C=O) groups excluding carboxylic acids is 3. The molecule has 8 nitrogen and oxygen atoms in total. The Morgan fingerprint density at radius 3 is 2.66 bits per heavy atom. The molecular formula is C32H31ClN4O4. The highest BCUT2D eigenvalue weighted by Crippen LogP contribution is 2.24. The van der Waals surface area contributed by atoms with Crippen LogP contribution in [0.25, 0.3) is 10.9 Å². The molecule has 1 aliphatic heterocycles. The Hall–Kier alpha value is -4.43. The number of hydrogen-bond acceptors (Lipinski definition) is 5. The van der Waals surface area contributed by atoms with Crippen molar-refractivity contribution in [3.05, 3.63) is 107 Å². The Morgan fingerprint density at radius 2 is 1.80 bits per heavy atom. The Labute approximate surface area is 243 Å². The fourth-order valence-electron chi connectivity index (χ4n) is 4.84. The fraction of sp³-hybridized carbons (Fsp3) is 0.250. The van der Waals surface area contributed by atoms with Crippen molar-refractivity contribution in [1.82, 2.24) is 20.5 Å². The largest absolute Gasteiger partial charge is 0.491 e. The first-order valence-corrected chi connectivity index (χ1v) is 14.0. The van der Waals surface area contributed by atoms with Gasteiger partial charge >= 0.3 is 0 Å². The highest BCUT2D eigenvalue weighted by atomic mass is 35.5. The standard InChI is InChI=1S/C32H31ClN4O4/c33-25-12-13-29-27(18-25)31(39)34-14-6-7-15-37(32(40)24-17-23-10-4-5-11-28(23)35-19-24)20-30(38)36-26(21-41-29)16-22-8-2-1-3-9-22/h1-5,8-13,17-19,26H,6-7,14-16,20-21H2,(H,34,39)(H,36,38)/t26-/m1/s1. The van der Waals surface area contributed by atoms with Gasteiger partial charge in [0.25, 0.3) is 11.8 Å². The van der Waals surface area contributed by atoms with Crippen LogP contribution in [0.5, 0.6) is 5.75 Å². The van der Waals surface area contributed by atoms with E-state index in [1.54, 1.807) is 30.5 Å². The van der Waals surface area contributed by atoms with Crippen molar-refractivity contribution in [3.8, 4) is 5.75 Å². The monoisotopic (exact) mass is 570 g/mol. The molecule has 210 valence electrons. The molecule has 9 heteroatoms. The molecule has 0 spiro atoms. The van der Waals surface area contributed by atoms with Crippen LogP contribution < -0.4 is 15.4 Å². The predicted molar refractivity (Wildman–Crippen MR) is 158 cm³/mol. The van der Waals surface area contributed by atoms with Crippen molar-refractivity contribution in [1.29, 1.82) is 0 Å². The van der Waals surface area contributed by atoms with E-state index in [2.05, 4.69) is 15.6 Å². The number of amides is 3. The molecule has 41 heavy (non-hydrogen) atoms. The lowest BCUT2D eigenvalue weighted by molar-refractivity contribution is -0.122. The van der Waals surface area contributed by atoms with E-state index in [-0.39, 0.29) is 30.9 Å². The maximum atomic E-state index is 13.6. The molecule has 0 aliphatic carbocycles. The lowest BCUT2D eigenvalue weighted by Gasteiger charge is -2.25. The molecule has 1 atom stereocenters. The number of fused-ring (bicyclic) bond motifs is 2. The fourth-order valence-corrected chi connectivity index (χ4v) is 5.01. The van der Waals surface area contributed by atoms with Gasteiger partial charge < -0.3 is 20.3 Å². The summed E-state index contributed by atoms with van der Waals surface area (Å²) in [7, 11) is 0. The van der Waals surface area contributed by atoms with Gasteiger partial charge in [-0.25, -0.2) is 0 Å². The highest BCUT2D eigenvalue weighted by molar-refractivity contribution is 6.31. The zero-order valence-electron chi connectivity index (χ0n) is 22.5. The summed E-state index contributed by atoms with van der Waals surface area (Å²) < 4.78 is 6.08. The lowest BCUT2D eigenvalue weighted by atomic mass is 10.1.